The van der Waals surface area contributed by atoms with E-state index in [1.807, 2.05) is 6.92 Å². The first-order valence-electron chi connectivity index (χ1n) is 7.24. The minimum absolute atomic E-state index is 0.0761. The minimum Gasteiger partial charge on any atom is -0.355 e. The number of benzene rings is 1. The Morgan fingerprint density at radius 3 is 2.30 bits per heavy atom. The van der Waals surface area contributed by atoms with E-state index in [9.17, 15) is 18.0 Å². The SMILES string of the molecule is CCCNC(=O)CNC(=NC)NCc1ccc(C(F)(F)F)cc1. The molecular weight excluding hydrogens is 309 g/mol. The second-order valence-corrected chi connectivity index (χ2v) is 4.82. The molecule has 23 heavy (non-hydrogen) atoms. The normalized spacial score (nSPS) is 12.0. The molecule has 0 saturated heterocycles. The average molecular weight is 330 g/mol. The van der Waals surface area contributed by atoms with Crippen molar-refractivity contribution in [2.45, 2.75) is 26.1 Å². The van der Waals surface area contributed by atoms with Crippen LogP contribution in [0.25, 0.3) is 0 Å². The Morgan fingerprint density at radius 1 is 1.13 bits per heavy atom. The minimum atomic E-state index is -4.34. The molecule has 0 aromatic heterocycles. The molecule has 0 heterocycles. The van der Waals surface area contributed by atoms with Gasteiger partial charge in [-0.25, -0.2) is 0 Å². The second-order valence-electron chi connectivity index (χ2n) is 4.82. The number of nitrogens with zero attached hydrogens (tertiary/aromatic N) is 1. The third-order valence-electron chi connectivity index (χ3n) is 2.95. The number of amides is 1. The molecule has 0 saturated carbocycles. The van der Waals surface area contributed by atoms with Crippen molar-refractivity contribution in [3.8, 4) is 0 Å². The van der Waals surface area contributed by atoms with Gasteiger partial charge < -0.3 is 16.0 Å². The smallest absolute Gasteiger partial charge is 0.355 e. The third-order valence-corrected chi connectivity index (χ3v) is 2.95. The maximum atomic E-state index is 12.5. The van der Waals surface area contributed by atoms with Crippen LogP contribution >= 0.6 is 0 Å². The van der Waals surface area contributed by atoms with Crippen LogP contribution in [-0.2, 0) is 17.5 Å². The van der Waals surface area contributed by atoms with Crippen LogP contribution in [0.1, 0.15) is 24.5 Å². The van der Waals surface area contributed by atoms with E-state index in [-0.39, 0.29) is 12.5 Å². The molecule has 5 nitrogen and oxygen atoms in total. The summed E-state index contributed by atoms with van der Waals surface area (Å²) < 4.78 is 37.4. The third kappa shape index (κ3) is 7.03. The number of guanidine groups is 1. The van der Waals surface area contributed by atoms with Crippen LogP contribution in [0.4, 0.5) is 13.2 Å². The lowest BCUT2D eigenvalue weighted by Crippen LogP contribution is -2.43. The zero-order chi connectivity index (χ0) is 17.3. The summed E-state index contributed by atoms with van der Waals surface area (Å²) in [4.78, 5) is 15.4. The van der Waals surface area contributed by atoms with E-state index in [4.69, 9.17) is 0 Å². The number of carbonyl (C=O) groups is 1. The van der Waals surface area contributed by atoms with Crippen LogP contribution < -0.4 is 16.0 Å². The van der Waals surface area contributed by atoms with E-state index in [1.165, 1.54) is 12.1 Å². The Balaban J connectivity index is 2.44. The summed E-state index contributed by atoms with van der Waals surface area (Å²) >= 11 is 0. The molecule has 1 amide bonds. The van der Waals surface area contributed by atoms with Gasteiger partial charge in [0.05, 0.1) is 12.1 Å². The highest BCUT2D eigenvalue weighted by molar-refractivity contribution is 5.86. The van der Waals surface area contributed by atoms with Crippen LogP contribution in [0.2, 0.25) is 0 Å². The van der Waals surface area contributed by atoms with Gasteiger partial charge in [-0.3, -0.25) is 9.79 Å². The fraction of sp³-hybridized carbons (Fsp3) is 0.467. The van der Waals surface area contributed by atoms with Crippen LogP contribution in [0.5, 0.6) is 0 Å². The van der Waals surface area contributed by atoms with E-state index in [2.05, 4.69) is 20.9 Å². The average Bonchev–Trinajstić information content (AvgIpc) is 2.52. The van der Waals surface area contributed by atoms with Crippen molar-refractivity contribution in [2.24, 2.45) is 4.99 Å². The standard InChI is InChI=1S/C15H21F3N4O/c1-3-8-20-13(23)10-22-14(19-2)21-9-11-4-6-12(7-5-11)15(16,17)18/h4-7H,3,8-10H2,1-2H3,(H,20,23)(H2,19,21,22). The molecule has 0 unspecified atom stereocenters. The van der Waals surface area contributed by atoms with Crippen molar-refractivity contribution in [3.63, 3.8) is 0 Å². The first kappa shape index (κ1) is 18.8. The first-order chi connectivity index (χ1) is 10.9. The Labute approximate surface area is 133 Å². The number of aliphatic imine (C=N–C) groups is 1. The lowest BCUT2D eigenvalue weighted by Gasteiger charge is -2.12. The fourth-order valence-electron chi connectivity index (χ4n) is 1.71. The summed E-state index contributed by atoms with van der Waals surface area (Å²) in [6.45, 7) is 2.94. The maximum Gasteiger partial charge on any atom is 0.416 e. The highest BCUT2D eigenvalue weighted by Gasteiger charge is 2.29. The Bertz CT molecular complexity index is 527. The van der Waals surface area contributed by atoms with E-state index in [1.54, 1.807) is 7.05 Å². The van der Waals surface area contributed by atoms with Gasteiger partial charge in [0.25, 0.3) is 0 Å². The highest BCUT2D eigenvalue weighted by atomic mass is 19.4. The van der Waals surface area contributed by atoms with E-state index in [0.29, 0.717) is 24.6 Å². The number of halogens is 3. The van der Waals surface area contributed by atoms with E-state index >= 15 is 0 Å². The predicted octanol–water partition coefficient (Wildman–Crippen LogP) is 1.90. The van der Waals surface area contributed by atoms with Crippen LogP contribution in [0.15, 0.2) is 29.3 Å². The van der Waals surface area contributed by atoms with Gasteiger partial charge >= 0.3 is 6.18 Å². The molecule has 1 aromatic carbocycles. The molecule has 1 rings (SSSR count). The summed E-state index contributed by atoms with van der Waals surface area (Å²) in [5.41, 5.74) is -0.00673. The van der Waals surface area contributed by atoms with E-state index < -0.39 is 11.7 Å². The lowest BCUT2D eigenvalue weighted by molar-refractivity contribution is -0.137. The molecule has 0 fully saturated rings. The molecule has 0 aliphatic heterocycles. The molecular formula is C15H21F3N4O. The van der Waals surface area contributed by atoms with Crippen molar-refractivity contribution in [2.75, 3.05) is 20.1 Å². The fourth-order valence-corrected chi connectivity index (χ4v) is 1.71. The van der Waals surface area contributed by atoms with Crippen molar-refractivity contribution < 1.29 is 18.0 Å². The van der Waals surface area contributed by atoms with Gasteiger partial charge in [-0.1, -0.05) is 19.1 Å². The monoisotopic (exact) mass is 330 g/mol. The maximum absolute atomic E-state index is 12.5. The molecule has 1 aromatic rings. The molecule has 3 N–H and O–H groups in total. The summed E-state index contributed by atoms with van der Waals surface area (Å²) in [6.07, 6.45) is -3.48. The second kappa shape index (κ2) is 9.02. The molecule has 0 radical (unpaired) electrons. The quantitative estimate of drug-likeness (QED) is 0.551. The van der Waals surface area contributed by atoms with E-state index in [0.717, 1.165) is 18.6 Å². The number of alkyl halides is 3. The van der Waals surface area contributed by atoms with Gasteiger partial charge in [0.1, 0.15) is 0 Å². The number of hydrogen-bond donors (Lipinski definition) is 3. The van der Waals surface area contributed by atoms with Crippen molar-refractivity contribution in [1.82, 2.24) is 16.0 Å². The number of hydrogen-bond acceptors (Lipinski definition) is 2. The highest BCUT2D eigenvalue weighted by Crippen LogP contribution is 2.28. The molecule has 0 bridgehead atoms. The van der Waals surface area contributed by atoms with Gasteiger partial charge in [-0.15, -0.1) is 0 Å². The van der Waals surface area contributed by atoms with Gasteiger partial charge in [-0.05, 0) is 24.1 Å². The molecule has 0 aliphatic carbocycles. The lowest BCUT2D eigenvalue weighted by atomic mass is 10.1. The van der Waals surface area contributed by atoms with Gasteiger partial charge in [-0.2, -0.15) is 13.2 Å². The van der Waals surface area contributed by atoms with Crippen LogP contribution in [0, 0.1) is 0 Å². The molecule has 128 valence electrons. The van der Waals surface area contributed by atoms with Crippen LogP contribution in [0.3, 0.4) is 0 Å². The molecule has 0 aliphatic rings. The summed E-state index contributed by atoms with van der Waals surface area (Å²) in [5, 5.41) is 8.48. The Hall–Kier alpha value is -2.25. The number of nitrogens with one attached hydrogen (secondary N) is 3. The van der Waals surface area contributed by atoms with Gasteiger partial charge in [0, 0.05) is 20.1 Å². The number of rotatable bonds is 6. The molecule has 0 spiro atoms. The molecule has 8 heteroatoms. The Morgan fingerprint density at radius 2 is 1.78 bits per heavy atom. The zero-order valence-electron chi connectivity index (χ0n) is 13.1. The van der Waals surface area contributed by atoms with Gasteiger partial charge in [0.2, 0.25) is 5.91 Å². The van der Waals surface area contributed by atoms with Crippen LogP contribution in [-0.4, -0.2) is 32.0 Å². The molecule has 0 atom stereocenters. The van der Waals surface area contributed by atoms with Crippen molar-refractivity contribution in [3.05, 3.63) is 35.4 Å². The number of carbonyl (C=O) groups excluding carboxylic acids is 1. The van der Waals surface area contributed by atoms with Crippen molar-refractivity contribution >= 4 is 11.9 Å². The topological polar surface area (TPSA) is 65.5 Å². The summed E-state index contributed by atoms with van der Waals surface area (Å²) in [6, 6.07) is 4.87. The Kier molecular flexibility index (Phi) is 7.37. The van der Waals surface area contributed by atoms with Gasteiger partial charge in [0.15, 0.2) is 5.96 Å². The largest absolute Gasteiger partial charge is 0.416 e. The summed E-state index contributed by atoms with van der Waals surface area (Å²) in [5.74, 6) is 0.251. The summed E-state index contributed by atoms with van der Waals surface area (Å²) in [7, 11) is 1.55. The zero-order valence-corrected chi connectivity index (χ0v) is 13.1. The van der Waals surface area contributed by atoms with Crippen molar-refractivity contribution in [1.29, 1.82) is 0 Å². The predicted molar refractivity (Wildman–Crippen MR) is 82.9 cm³/mol. The first-order valence-corrected chi connectivity index (χ1v) is 7.24.